The van der Waals surface area contributed by atoms with Crippen molar-refractivity contribution in [1.82, 2.24) is 14.5 Å². The van der Waals surface area contributed by atoms with E-state index in [1.54, 1.807) is 6.20 Å². The van der Waals surface area contributed by atoms with E-state index >= 15 is 0 Å². The number of imidazole rings is 1. The molecular formula is C12H9N3O3. The number of rotatable bonds is 3. The third-order valence-electron chi connectivity index (χ3n) is 2.63. The lowest BCUT2D eigenvalue weighted by Gasteiger charge is -1.97. The van der Waals surface area contributed by atoms with Crippen LogP contribution in [-0.4, -0.2) is 25.6 Å². The second kappa shape index (κ2) is 3.99. The van der Waals surface area contributed by atoms with Gasteiger partial charge in [-0.05, 0) is 12.1 Å². The average Bonchev–Trinajstić information content (AvgIpc) is 2.98. The van der Waals surface area contributed by atoms with Gasteiger partial charge in [-0.25, -0.2) is 9.78 Å². The topological polar surface area (TPSA) is 80.6 Å². The molecule has 90 valence electrons. The average molecular weight is 243 g/mol. The molecule has 3 aromatic rings. The zero-order chi connectivity index (χ0) is 12.5. The molecule has 0 saturated heterocycles. The number of nitrogens with zero attached hydrogens (tertiary/aromatic N) is 3. The predicted octanol–water partition coefficient (Wildman–Crippen LogP) is 1.61. The summed E-state index contributed by atoms with van der Waals surface area (Å²) in [6, 6.07) is 7.13. The third-order valence-corrected chi connectivity index (χ3v) is 2.63. The molecule has 0 saturated carbocycles. The van der Waals surface area contributed by atoms with E-state index in [0.717, 1.165) is 11.3 Å². The fraction of sp³-hybridized carbons (Fsp3) is 0.0833. The molecule has 0 atom stereocenters. The summed E-state index contributed by atoms with van der Waals surface area (Å²) in [5.74, 6) is -1.27. The molecule has 18 heavy (non-hydrogen) atoms. The molecule has 0 aromatic carbocycles. The predicted molar refractivity (Wildman–Crippen MR) is 61.5 cm³/mol. The van der Waals surface area contributed by atoms with Gasteiger partial charge in [0, 0.05) is 30.6 Å². The molecule has 0 aliphatic rings. The Kier molecular flexibility index (Phi) is 2.33. The standard InChI is InChI=1S/C12H9N3O3/c16-12(17)10-6-8(14-18-10)5-9-7-13-11-3-1-2-4-15(9)11/h1-4,6-7H,5H2,(H,16,17). The maximum absolute atomic E-state index is 10.7. The minimum atomic E-state index is -1.12. The molecule has 0 aliphatic heterocycles. The van der Waals surface area contributed by atoms with Crippen LogP contribution in [0.4, 0.5) is 0 Å². The van der Waals surface area contributed by atoms with E-state index in [1.807, 2.05) is 28.8 Å². The summed E-state index contributed by atoms with van der Waals surface area (Å²) in [4.78, 5) is 14.9. The Labute approximate surface area is 101 Å². The third kappa shape index (κ3) is 1.73. The number of fused-ring (bicyclic) bond motifs is 1. The van der Waals surface area contributed by atoms with Crippen LogP contribution in [-0.2, 0) is 6.42 Å². The lowest BCUT2D eigenvalue weighted by atomic mass is 10.2. The number of carbonyl (C=O) groups is 1. The molecule has 0 unspecified atom stereocenters. The highest BCUT2D eigenvalue weighted by Crippen LogP contribution is 2.12. The van der Waals surface area contributed by atoms with Gasteiger partial charge in [0.2, 0.25) is 5.76 Å². The fourth-order valence-corrected chi connectivity index (χ4v) is 1.80. The number of carboxylic acids is 1. The normalized spacial score (nSPS) is 10.9. The van der Waals surface area contributed by atoms with Crippen LogP contribution < -0.4 is 0 Å². The second-order valence-corrected chi connectivity index (χ2v) is 3.84. The first kappa shape index (κ1) is 10.5. The van der Waals surface area contributed by atoms with Crippen molar-refractivity contribution in [3.63, 3.8) is 0 Å². The lowest BCUT2D eigenvalue weighted by molar-refractivity contribution is 0.0652. The van der Waals surface area contributed by atoms with Gasteiger partial charge >= 0.3 is 5.97 Å². The summed E-state index contributed by atoms with van der Waals surface area (Å²) in [5.41, 5.74) is 2.34. The highest BCUT2D eigenvalue weighted by Gasteiger charge is 2.12. The van der Waals surface area contributed by atoms with E-state index in [9.17, 15) is 4.79 Å². The molecule has 0 radical (unpaired) electrons. The molecule has 6 nitrogen and oxygen atoms in total. The molecule has 0 fully saturated rings. The molecule has 3 aromatic heterocycles. The minimum absolute atomic E-state index is 0.154. The van der Waals surface area contributed by atoms with Crippen molar-refractivity contribution >= 4 is 11.6 Å². The highest BCUT2D eigenvalue weighted by molar-refractivity contribution is 5.84. The van der Waals surface area contributed by atoms with Crippen molar-refractivity contribution in [3.05, 3.63) is 53.8 Å². The fourth-order valence-electron chi connectivity index (χ4n) is 1.80. The molecule has 0 spiro atoms. The second-order valence-electron chi connectivity index (χ2n) is 3.84. The van der Waals surface area contributed by atoms with Crippen molar-refractivity contribution < 1.29 is 14.4 Å². The van der Waals surface area contributed by atoms with Crippen LogP contribution in [0.3, 0.4) is 0 Å². The number of hydrogen-bond donors (Lipinski definition) is 1. The first-order valence-electron chi connectivity index (χ1n) is 5.34. The van der Waals surface area contributed by atoms with Gasteiger partial charge in [-0.15, -0.1) is 0 Å². The van der Waals surface area contributed by atoms with Gasteiger partial charge in [-0.1, -0.05) is 11.2 Å². The molecule has 0 bridgehead atoms. The lowest BCUT2D eigenvalue weighted by Crippen LogP contribution is -1.94. The first-order chi connectivity index (χ1) is 8.74. The van der Waals surface area contributed by atoms with Gasteiger partial charge < -0.3 is 14.0 Å². The van der Waals surface area contributed by atoms with E-state index in [2.05, 4.69) is 10.1 Å². The molecule has 0 aliphatic carbocycles. The first-order valence-corrected chi connectivity index (χ1v) is 5.34. The van der Waals surface area contributed by atoms with E-state index in [0.29, 0.717) is 12.1 Å². The van der Waals surface area contributed by atoms with Crippen LogP contribution in [0.5, 0.6) is 0 Å². The maximum Gasteiger partial charge on any atom is 0.374 e. The number of carboxylic acid groups (broad SMARTS) is 1. The Balaban J connectivity index is 1.93. The van der Waals surface area contributed by atoms with Crippen molar-refractivity contribution in [1.29, 1.82) is 0 Å². The number of hydrogen-bond acceptors (Lipinski definition) is 4. The molecule has 6 heteroatoms. The highest BCUT2D eigenvalue weighted by atomic mass is 16.5. The Hall–Kier alpha value is -2.63. The molecular weight excluding hydrogens is 234 g/mol. The SMILES string of the molecule is O=C(O)c1cc(Cc2cnc3ccccn23)no1. The minimum Gasteiger partial charge on any atom is -0.475 e. The zero-order valence-electron chi connectivity index (χ0n) is 9.28. The van der Waals surface area contributed by atoms with Crippen LogP contribution in [0.1, 0.15) is 21.9 Å². The quantitative estimate of drug-likeness (QED) is 0.755. The van der Waals surface area contributed by atoms with Crippen LogP contribution in [0.15, 0.2) is 41.2 Å². The van der Waals surface area contributed by atoms with E-state index in [1.165, 1.54) is 6.07 Å². The largest absolute Gasteiger partial charge is 0.475 e. The number of aromatic carboxylic acids is 1. The molecule has 3 rings (SSSR count). The summed E-state index contributed by atoms with van der Waals surface area (Å²) in [5, 5.41) is 12.5. The Morgan fingerprint density at radius 3 is 3.11 bits per heavy atom. The summed E-state index contributed by atoms with van der Waals surface area (Å²) in [6.45, 7) is 0. The van der Waals surface area contributed by atoms with E-state index in [4.69, 9.17) is 9.63 Å². The summed E-state index contributed by atoms with van der Waals surface area (Å²) in [7, 11) is 0. The zero-order valence-corrected chi connectivity index (χ0v) is 9.28. The van der Waals surface area contributed by atoms with Crippen LogP contribution >= 0.6 is 0 Å². The number of aromatic nitrogens is 3. The van der Waals surface area contributed by atoms with Gasteiger partial charge in [-0.2, -0.15) is 0 Å². The van der Waals surface area contributed by atoms with Gasteiger partial charge in [0.25, 0.3) is 0 Å². The summed E-state index contributed by atoms with van der Waals surface area (Å²) < 4.78 is 6.63. The van der Waals surface area contributed by atoms with E-state index in [-0.39, 0.29) is 5.76 Å². The smallest absolute Gasteiger partial charge is 0.374 e. The monoisotopic (exact) mass is 243 g/mol. The summed E-state index contributed by atoms with van der Waals surface area (Å²) in [6.07, 6.45) is 4.11. The molecule has 3 heterocycles. The Morgan fingerprint density at radius 2 is 2.33 bits per heavy atom. The van der Waals surface area contributed by atoms with Gasteiger partial charge in [0.1, 0.15) is 5.65 Å². The molecule has 0 amide bonds. The van der Waals surface area contributed by atoms with Crippen LogP contribution in [0.25, 0.3) is 5.65 Å². The Bertz CT molecular complexity index is 714. The van der Waals surface area contributed by atoms with Gasteiger partial charge in [-0.3, -0.25) is 0 Å². The van der Waals surface area contributed by atoms with Crippen molar-refractivity contribution in [2.45, 2.75) is 6.42 Å². The molecule has 1 N–H and O–H groups in total. The van der Waals surface area contributed by atoms with Crippen LogP contribution in [0, 0.1) is 0 Å². The van der Waals surface area contributed by atoms with Crippen LogP contribution in [0.2, 0.25) is 0 Å². The van der Waals surface area contributed by atoms with Gasteiger partial charge in [0.15, 0.2) is 0 Å². The van der Waals surface area contributed by atoms with E-state index < -0.39 is 5.97 Å². The Morgan fingerprint density at radius 1 is 1.44 bits per heavy atom. The van der Waals surface area contributed by atoms with Crippen molar-refractivity contribution in [2.24, 2.45) is 0 Å². The summed E-state index contributed by atoms with van der Waals surface area (Å²) >= 11 is 0. The van der Waals surface area contributed by atoms with Crippen molar-refractivity contribution in [3.8, 4) is 0 Å². The van der Waals surface area contributed by atoms with Gasteiger partial charge in [0.05, 0.1) is 5.69 Å². The van der Waals surface area contributed by atoms with Crippen molar-refractivity contribution in [2.75, 3.05) is 0 Å². The number of pyridine rings is 1. The maximum atomic E-state index is 10.7.